The Kier molecular flexibility index (Phi) is 3.57. The van der Waals surface area contributed by atoms with Gasteiger partial charge in [-0.05, 0) is 27.6 Å². The molecule has 0 saturated carbocycles. The second-order valence-corrected chi connectivity index (χ2v) is 5.91. The normalized spacial score (nSPS) is 13.9. The molecule has 117 valence electrons. The fraction of sp³-hybridized carbons (Fsp3) is 0.0909. The number of methoxy groups -OCH3 is 1. The molecule has 0 aliphatic carbocycles. The molecule has 0 N–H and O–H groups in total. The minimum absolute atomic E-state index is 0.611. The van der Waals surface area contributed by atoms with Crippen LogP contribution in [-0.4, -0.2) is 7.11 Å². The number of benzene rings is 4. The van der Waals surface area contributed by atoms with Gasteiger partial charge in [0.2, 0.25) is 0 Å². The van der Waals surface area contributed by atoms with Gasteiger partial charge < -0.3 is 4.74 Å². The standard InChI is InChI=1S/C22H17O2/c1-24-22(23,19-14-13-16-7-2-3-9-18(16)15-19)21-12-6-10-17-8-4-5-11-20(17)21/h2-15H,1H3. The Morgan fingerprint density at radius 2 is 1.38 bits per heavy atom. The van der Waals surface area contributed by atoms with Gasteiger partial charge in [-0.15, -0.1) is 0 Å². The highest BCUT2D eigenvalue weighted by molar-refractivity contribution is 5.87. The molecule has 0 aliphatic rings. The van der Waals surface area contributed by atoms with Gasteiger partial charge in [0, 0.05) is 18.2 Å². The van der Waals surface area contributed by atoms with E-state index in [0.717, 1.165) is 21.5 Å². The minimum Gasteiger partial charge on any atom is -0.344 e. The Morgan fingerprint density at radius 1 is 0.708 bits per heavy atom. The molecule has 4 aromatic carbocycles. The summed E-state index contributed by atoms with van der Waals surface area (Å²) >= 11 is 0. The van der Waals surface area contributed by atoms with E-state index >= 15 is 0 Å². The Morgan fingerprint density at radius 3 is 2.17 bits per heavy atom. The molecule has 0 aromatic heterocycles. The van der Waals surface area contributed by atoms with Crippen LogP contribution in [0, 0.1) is 0 Å². The third-order valence-electron chi connectivity index (χ3n) is 4.56. The first-order chi connectivity index (χ1) is 11.7. The van der Waals surface area contributed by atoms with Crippen molar-refractivity contribution in [3.63, 3.8) is 0 Å². The van der Waals surface area contributed by atoms with Crippen molar-refractivity contribution in [3.8, 4) is 0 Å². The third kappa shape index (κ3) is 2.28. The molecule has 0 aliphatic heterocycles. The molecule has 4 aromatic rings. The van der Waals surface area contributed by atoms with Crippen LogP contribution < -0.4 is 0 Å². The lowest BCUT2D eigenvalue weighted by molar-refractivity contribution is -0.201. The third-order valence-corrected chi connectivity index (χ3v) is 4.56. The lowest BCUT2D eigenvalue weighted by atomic mass is 9.91. The topological polar surface area (TPSA) is 29.1 Å². The van der Waals surface area contributed by atoms with Gasteiger partial charge in [-0.25, -0.2) is 0 Å². The SMILES string of the molecule is COC([O])(c1ccc2ccccc2c1)c1cccc2ccccc12. The average Bonchev–Trinajstić information content (AvgIpc) is 2.66. The smallest absolute Gasteiger partial charge is 0.254 e. The maximum Gasteiger partial charge on any atom is 0.254 e. The van der Waals surface area contributed by atoms with Gasteiger partial charge in [-0.3, -0.25) is 0 Å². The van der Waals surface area contributed by atoms with Crippen LogP contribution in [0.2, 0.25) is 0 Å². The Hall–Kier alpha value is -2.68. The van der Waals surface area contributed by atoms with E-state index in [9.17, 15) is 5.11 Å². The van der Waals surface area contributed by atoms with Crippen molar-refractivity contribution in [2.45, 2.75) is 5.79 Å². The summed E-state index contributed by atoms with van der Waals surface area (Å²) in [6.45, 7) is 0. The molecule has 0 saturated heterocycles. The summed E-state index contributed by atoms with van der Waals surface area (Å²) in [4.78, 5) is 0. The summed E-state index contributed by atoms with van der Waals surface area (Å²) < 4.78 is 5.51. The maximum atomic E-state index is 13.7. The molecular formula is C22H17O2. The lowest BCUT2D eigenvalue weighted by Crippen LogP contribution is -2.28. The summed E-state index contributed by atoms with van der Waals surface area (Å²) in [7, 11) is 1.48. The van der Waals surface area contributed by atoms with Crippen LogP contribution in [0.5, 0.6) is 0 Å². The van der Waals surface area contributed by atoms with Crippen molar-refractivity contribution in [2.24, 2.45) is 0 Å². The van der Waals surface area contributed by atoms with Crippen LogP contribution in [-0.2, 0) is 15.6 Å². The van der Waals surface area contributed by atoms with Gasteiger partial charge >= 0.3 is 0 Å². The molecule has 1 atom stereocenters. The number of fused-ring (bicyclic) bond motifs is 2. The molecule has 0 heterocycles. The van der Waals surface area contributed by atoms with Crippen LogP contribution in [0.4, 0.5) is 0 Å². The molecule has 2 nitrogen and oxygen atoms in total. The monoisotopic (exact) mass is 313 g/mol. The number of hydrogen-bond donors (Lipinski definition) is 0. The van der Waals surface area contributed by atoms with Crippen molar-refractivity contribution >= 4 is 21.5 Å². The quantitative estimate of drug-likeness (QED) is 0.474. The van der Waals surface area contributed by atoms with Crippen LogP contribution in [0.3, 0.4) is 0 Å². The van der Waals surface area contributed by atoms with E-state index in [-0.39, 0.29) is 0 Å². The van der Waals surface area contributed by atoms with Crippen LogP contribution in [0.15, 0.2) is 84.9 Å². The molecule has 1 radical (unpaired) electrons. The second kappa shape index (κ2) is 5.75. The molecule has 1 unspecified atom stereocenters. The Labute approximate surface area is 140 Å². The lowest BCUT2D eigenvalue weighted by Gasteiger charge is -2.26. The van der Waals surface area contributed by atoms with E-state index in [2.05, 4.69) is 0 Å². The summed E-state index contributed by atoms with van der Waals surface area (Å²) in [5.74, 6) is -1.75. The summed E-state index contributed by atoms with van der Waals surface area (Å²) in [6.07, 6.45) is 0. The zero-order valence-corrected chi connectivity index (χ0v) is 13.4. The maximum absolute atomic E-state index is 13.7. The second-order valence-electron chi connectivity index (χ2n) is 5.91. The van der Waals surface area contributed by atoms with E-state index in [4.69, 9.17) is 4.74 Å². The molecule has 4 rings (SSSR count). The van der Waals surface area contributed by atoms with E-state index in [1.165, 1.54) is 7.11 Å². The van der Waals surface area contributed by atoms with E-state index in [0.29, 0.717) is 11.1 Å². The van der Waals surface area contributed by atoms with Gasteiger partial charge in [0.25, 0.3) is 5.79 Å². The van der Waals surface area contributed by atoms with Gasteiger partial charge in [-0.2, -0.15) is 5.11 Å². The fourth-order valence-corrected chi connectivity index (χ4v) is 3.29. The first kappa shape index (κ1) is 14.9. The molecule has 2 heteroatoms. The summed E-state index contributed by atoms with van der Waals surface area (Å²) in [5, 5.41) is 17.8. The largest absolute Gasteiger partial charge is 0.344 e. The van der Waals surface area contributed by atoms with Crippen molar-refractivity contribution < 1.29 is 9.84 Å². The molecule has 0 fully saturated rings. The fourth-order valence-electron chi connectivity index (χ4n) is 3.29. The van der Waals surface area contributed by atoms with Gasteiger partial charge in [0.1, 0.15) is 0 Å². The molecular weight excluding hydrogens is 296 g/mol. The number of rotatable bonds is 3. The van der Waals surface area contributed by atoms with E-state index in [1.54, 1.807) is 0 Å². The zero-order chi connectivity index (χ0) is 16.6. The highest BCUT2D eigenvalue weighted by Gasteiger charge is 2.35. The number of ether oxygens (including phenoxy) is 1. The van der Waals surface area contributed by atoms with Crippen LogP contribution in [0.25, 0.3) is 21.5 Å². The highest BCUT2D eigenvalue weighted by atomic mass is 16.6. The predicted molar refractivity (Wildman–Crippen MR) is 96.4 cm³/mol. The van der Waals surface area contributed by atoms with Gasteiger partial charge in [0.05, 0.1) is 0 Å². The van der Waals surface area contributed by atoms with Crippen molar-refractivity contribution in [2.75, 3.05) is 7.11 Å². The Bertz CT molecular complexity index is 1020. The average molecular weight is 313 g/mol. The number of hydrogen-bond acceptors (Lipinski definition) is 1. The summed E-state index contributed by atoms with van der Waals surface area (Å²) in [5.41, 5.74) is 1.25. The van der Waals surface area contributed by atoms with Crippen molar-refractivity contribution in [1.29, 1.82) is 0 Å². The van der Waals surface area contributed by atoms with Crippen molar-refractivity contribution in [1.82, 2.24) is 0 Å². The zero-order valence-electron chi connectivity index (χ0n) is 13.4. The molecule has 0 spiro atoms. The molecule has 24 heavy (non-hydrogen) atoms. The molecule has 0 bridgehead atoms. The highest BCUT2D eigenvalue weighted by Crippen LogP contribution is 2.36. The predicted octanol–water partition coefficient (Wildman–Crippen LogP) is 5.27. The summed E-state index contributed by atoms with van der Waals surface area (Å²) in [6, 6.07) is 27.4. The van der Waals surface area contributed by atoms with Crippen LogP contribution in [0.1, 0.15) is 11.1 Å². The first-order valence-corrected chi connectivity index (χ1v) is 7.95. The van der Waals surface area contributed by atoms with Crippen molar-refractivity contribution in [3.05, 3.63) is 96.1 Å². The van der Waals surface area contributed by atoms with Gasteiger partial charge in [0.15, 0.2) is 0 Å². The van der Waals surface area contributed by atoms with Crippen LogP contribution >= 0.6 is 0 Å². The minimum atomic E-state index is -1.75. The van der Waals surface area contributed by atoms with E-state index < -0.39 is 5.79 Å². The Balaban J connectivity index is 1.97. The molecule has 0 amide bonds. The van der Waals surface area contributed by atoms with E-state index in [1.807, 2.05) is 84.9 Å². The van der Waals surface area contributed by atoms with Gasteiger partial charge in [-0.1, -0.05) is 78.9 Å². The first-order valence-electron chi connectivity index (χ1n) is 7.95.